The second-order valence-corrected chi connectivity index (χ2v) is 20.3. The first-order chi connectivity index (χ1) is 23.2. The maximum absolute atomic E-state index is 10.9. The number of aliphatic hydroxyl groups excluding tert-OH is 7. The molecule has 9 heteroatoms. The van der Waals surface area contributed by atoms with E-state index in [-0.39, 0.29) is 0 Å². The van der Waals surface area contributed by atoms with Crippen LogP contribution in [0.4, 0.5) is 0 Å². The molecule has 0 aliphatic heterocycles. The van der Waals surface area contributed by atoms with E-state index in [1.54, 1.807) is 0 Å². The summed E-state index contributed by atoms with van der Waals surface area (Å²) >= 11 is 0. The van der Waals surface area contributed by atoms with Crippen LogP contribution >= 0.6 is 0 Å². The highest BCUT2D eigenvalue weighted by Crippen LogP contribution is 2.78. The van der Waals surface area contributed by atoms with E-state index in [4.69, 9.17) is 4.74 Å². The zero-order valence-electron chi connectivity index (χ0n) is 32.1. The second kappa shape index (κ2) is 13.4. The van der Waals surface area contributed by atoms with Crippen molar-refractivity contribution in [3.05, 3.63) is 0 Å². The molecule has 9 nitrogen and oxygen atoms in total. The maximum Gasteiger partial charge on any atom is 0.145 e. The van der Waals surface area contributed by atoms with Gasteiger partial charge < -0.3 is 45.6 Å². The average Bonchev–Trinajstić information content (AvgIpc) is 3.49. The molecule has 0 heterocycles. The minimum absolute atomic E-state index is 0.317. The molecule has 6 rings (SSSR count). The number of hydrogen-bond acceptors (Lipinski definition) is 9. The lowest BCUT2D eigenvalue weighted by atomic mass is 9.32. The first kappa shape index (κ1) is 39.3. The lowest BCUT2D eigenvalue weighted by Crippen LogP contribution is -2.65. The predicted octanol–water partition coefficient (Wildman–Crippen LogP) is 4.18. The van der Waals surface area contributed by atoms with Gasteiger partial charge in [0, 0.05) is 0 Å². The van der Waals surface area contributed by atoms with Crippen LogP contribution < -0.4 is 0 Å². The molecule has 6 saturated carbocycles. The zero-order chi connectivity index (χ0) is 36.8. The summed E-state index contributed by atoms with van der Waals surface area (Å²) in [6.07, 6.45) is 4.59. The summed E-state index contributed by atoms with van der Waals surface area (Å²) in [7, 11) is 0. The summed E-state index contributed by atoms with van der Waals surface area (Å²) in [5, 5.41) is 82.7. The average molecular weight is 709 g/mol. The molecule has 290 valence electrons. The molecule has 0 bridgehead atoms. The molecule has 9 unspecified atom stereocenters. The molecule has 0 spiro atoms. The highest BCUT2D eigenvalue weighted by Gasteiger charge is 2.70. The monoisotopic (exact) mass is 709 g/mol. The third-order valence-electron chi connectivity index (χ3n) is 17.9. The topological polar surface area (TPSA) is 171 Å². The predicted molar refractivity (Wildman–Crippen MR) is 191 cm³/mol. The number of rotatable bonds is 10. The number of hydrogen-bond donors (Lipinski definition) is 8. The molecule has 0 aromatic carbocycles. The van der Waals surface area contributed by atoms with Crippen LogP contribution in [-0.2, 0) is 4.74 Å². The summed E-state index contributed by atoms with van der Waals surface area (Å²) in [5.74, 6) is 3.97. The normalized spacial score (nSPS) is 52.3. The quantitative estimate of drug-likeness (QED) is 0.166. The molecule has 18 atom stereocenters. The Hall–Kier alpha value is -0.360. The lowest BCUT2D eigenvalue weighted by Gasteiger charge is -2.73. The highest BCUT2D eigenvalue weighted by atomic mass is 16.5. The largest absolute Gasteiger partial charge is 0.393 e. The van der Waals surface area contributed by atoms with Crippen LogP contribution in [0.2, 0.25) is 0 Å². The fourth-order valence-corrected chi connectivity index (χ4v) is 14.9. The fraction of sp³-hybridized carbons (Fsp3) is 1.00. The van der Waals surface area contributed by atoms with E-state index in [1.165, 1.54) is 70.6 Å². The summed E-state index contributed by atoms with van der Waals surface area (Å²) < 4.78 is 5.40. The summed E-state index contributed by atoms with van der Waals surface area (Å²) in [6, 6.07) is 0. The van der Waals surface area contributed by atoms with Crippen molar-refractivity contribution in [3.63, 3.8) is 0 Å². The number of aliphatic hydroxyl groups is 8. The van der Waals surface area contributed by atoms with Gasteiger partial charge in [0.25, 0.3) is 0 Å². The van der Waals surface area contributed by atoms with E-state index in [2.05, 4.69) is 48.5 Å². The number of fused-ring (bicyclic) bond motifs is 7. The van der Waals surface area contributed by atoms with Crippen LogP contribution in [0.1, 0.15) is 132 Å². The lowest BCUT2D eigenvalue weighted by molar-refractivity contribution is -0.241. The summed E-state index contributed by atoms with van der Waals surface area (Å²) in [4.78, 5) is 0. The standard InChI is InChI=1S/C41H72O9/c1-23(9-10-26(43)31(45)27(44)21-50-35-33(47)32(46)34(48)41(35,49)22-42)24-13-18-37(4)25(24)14-19-39(6)29(37)11-12-30-38(5)17-8-16-36(2,3)28(38)15-20-40(30,39)7/h23-35,42-49H,8-22H2,1-7H3/t23?,24-,25+,26?,27?,28+,29-,30-,31?,32?,33?,34?,35?,37+,38+,39-,40-,41?/m1/s1. The fourth-order valence-electron chi connectivity index (χ4n) is 14.9. The smallest absolute Gasteiger partial charge is 0.145 e. The molecule has 8 N–H and O–H groups in total. The highest BCUT2D eigenvalue weighted by molar-refractivity contribution is 5.19. The minimum Gasteiger partial charge on any atom is -0.393 e. The van der Waals surface area contributed by atoms with Gasteiger partial charge in [0.05, 0.1) is 19.3 Å². The van der Waals surface area contributed by atoms with E-state index in [1.807, 2.05) is 0 Å². The van der Waals surface area contributed by atoms with Crippen molar-refractivity contribution in [2.24, 2.45) is 62.6 Å². The van der Waals surface area contributed by atoms with Crippen LogP contribution in [0.3, 0.4) is 0 Å². The molecule has 6 aliphatic carbocycles. The maximum atomic E-state index is 10.9. The Kier molecular flexibility index (Phi) is 10.6. The molecule has 50 heavy (non-hydrogen) atoms. The molecular weight excluding hydrogens is 636 g/mol. The van der Waals surface area contributed by atoms with Crippen LogP contribution in [0, 0.1) is 62.6 Å². The molecule has 6 fully saturated rings. The Morgan fingerprint density at radius 1 is 0.680 bits per heavy atom. The molecule has 0 aromatic heterocycles. The van der Waals surface area contributed by atoms with Gasteiger partial charge in [-0.3, -0.25) is 0 Å². The van der Waals surface area contributed by atoms with Crippen molar-refractivity contribution in [1.82, 2.24) is 0 Å². The van der Waals surface area contributed by atoms with Gasteiger partial charge in [-0.25, -0.2) is 0 Å². The van der Waals surface area contributed by atoms with Crippen LogP contribution in [0.15, 0.2) is 0 Å². The van der Waals surface area contributed by atoms with E-state index in [0.29, 0.717) is 51.2 Å². The third kappa shape index (κ3) is 5.72. The first-order valence-corrected chi connectivity index (χ1v) is 20.3. The first-order valence-electron chi connectivity index (χ1n) is 20.3. The third-order valence-corrected chi connectivity index (χ3v) is 17.9. The molecule has 0 saturated heterocycles. The van der Waals surface area contributed by atoms with Crippen LogP contribution in [-0.4, -0.2) is 102 Å². The Labute approximate surface area is 301 Å². The van der Waals surface area contributed by atoms with Gasteiger partial charge in [0.15, 0.2) is 0 Å². The van der Waals surface area contributed by atoms with Crippen LogP contribution in [0.25, 0.3) is 0 Å². The van der Waals surface area contributed by atoms with Gasteiger partial charge >= 0.3 is 0 Å². The minimum atomic E-state index is -2.33. The SMILES string of the molecule is CC(CCC(O)C(O)C(O)COC1C(O)C(O)C(O)C1(O)CO)[C@H]1CC[C@]2(C)[C@H]3CC[C@@H]4[C@@]5(C)CCCC(C)(C)[C@@H]5CC[C@@]4(C)[C@]3(C)CC[C@@H]12. The zero-order valence-corrected chi connectivity index (χ0v) is 32.1. The Balaban J connectivity index is 1.06. The van der Waals surface area contributed by atoms with Gasteiger partial charge in [-0.2, -0.15) is 0 Å². The van der Waals surface area contributed by atoms with Crippen molar-refractivity contribution in [3.8, 4) is 0 Å². The van der Waals surface area contributed by atoms with E-state index >= 15 is 0 Å². The van der Waals surface area contributed by atoms with Crippen molar-refractivity contribution >= 4 is 0 Å². The summed E-state index contributed by atoms with van der Waals surface area (Å²) in [5.41, 5.74) is -0.387. The Morgan fingerprint density at radius 3 is 1.94 bits per heavy atom. The van der Waals surface area contributed by atoms with Gasteiger partial charge in [0.2, 0.25) is 0 Å². The number of ether oxygens (including phenoxy) is 1. The van der Waals surface area contributed by atoms with Crippen molar-refractivity contribution in [2.45, 2.75) is 180 Å². The van der Waals surface area contributed by atoms with E-state index in [0.717, 1.165) is 24.2 Å². The van der Waals surface area contributed by atoms with Crippen molar-refractivity contribution in [2.75, 3.05) is 13.2 Å². The van der Waals surface area contributed by atoms with Crippen molar-refractivity contribution < 1.29 is 45.6 Å². The molecular formula is C41H72O9. The molecule has 0 aromatic rings. The second-order valence-electron chi connectivity index (χ2n) is 20.3. The van der Waals surface area contributed by atoms with Gasteiger partial charge in [-0.15, -0.1) is 0 Å². The van der Waals surface area contributed by atoms with Gasteiger partial charge in [-0.05, 0) is 140 Å². The Morgan fingerprint density at radius 2 is 1.30 bits per heavy atom. The van der Waals surface area contributed by atoms with Crippen molar-refractivity contribution in [1.29, 1.82) is 0 Å². The summed E-state index contributed by atoms with van der Waals surface area (Å²) in [6.45, 7) is 16.6. The van der Waals surface area contributed by atoms with Gasteiger partial charge in [-0.1, -0.05) is 54.9 Å². The van der Waals surface area contributed by atoms with E-state index < -0.39 is 61.5 Å². The molecule has 6 aliphatic rings. The molecule has 0 radical (unpaired) electrons. The van der Waals surface area contributed by atoms with Crippen LogP contribution in [0.5, 0.6) is 0 Å². The van der Waals surface area contributed by atoms with Gasteiger partial charge in [0.1, 0.15) is 42.2 Å². The molecule has 0 amide bonds. The Bertz CT molecular complexity index is 1210. The van der Waals surface area contributed by atoms with E-state index in [9.17, 15) is 40.9 Å².